The molecule has 64 valence electrons. The SMILES string of the molecule is NC(=O)CC1(N)CCCSC1. The summed E-state index contributed by atoms with van der Waals surface area (Å²) in [4.78, 5) is 10.6. The summed E-state index contributed by atoms with van der Waals surface area (Å²) in [5.74, 6) is 1.75. The molecular formula is C7H14N2OS. The molecule has 0 bridgehead atoms. The lowest BCUT2D eigenvalue weighted by molar-refractivity contribution is -0.119. The van der Waals surface area contributed by atoms with E-state index in [2.05, 4.69) is 0 Å². The summed E-state index contributed by atoms with van der Waals surface area (Å²) >= 11 is 1.81. The summed E-state index contributed by atoms with van der Waals surface area (Å²) in [7, 11) is 0. The van der Waals surface area contributed by atoms with Crippen molar-refractivity contribution in [1.29, 1.82) is 0 Å². The minimum atomic E-state index is -0.311. The molecule has 1 aliphatic heterocycles. The van der Waals surface area contributed by atoms with Crippen LogP contribution in [0.5, 0.6) is 0 Å². The van der Waals surface area contributed by atoms with Gasteiger partial charge in [0.1, 0.15) is 0 Å². The zero-order valence-corrected chi connectivity index (χ0v) is 7.32. The number of carbonyl (C=O) groups excluding carboxylic acids is 1. The fourth-order valence-corrected chi connectivity index (χ4v) is 2.51. The van der Waals surface area contributed by atoms with Crippen LogP contribution in [0.15, 0.2) is 0 Å². The van der Waals surface area contributed by atoms with Gasteiger partial charge in [-0.1, -0.05) is 0 Å². The predicted octanol–water partition coefficient (Wildman–Crippen LogP) is 0.0863. The van der Waals surface area contributed by atoms with E-state index in [4.69, 9.17) is 11.5 Å². The van der Waals surface area contributed by atoms with Gasteiger partial charge in [0.05, 0.1) is 0 Å². The fourth-order valence-electron chi connectivity index (χ4n) is 1.36. The number of rotatable bonds is 2. The van der Waals surface area contributed by atoms with E-state index in [0.29, 0.717) is 6.42 Å². The molecule has 1 unspecified atom stereocenters. The second kappa shape index (κ2) is 3.45. The van der Waals surface area contributed by atoms with Crippen LogP contribution in [0.3, 0.4) is 0 Å². The van der Waals surface area contributed by atoms with Crippen LogP contribution < -0.4 is 11.5 Å². The Morgan fingerprint density at radius 2 is 2.36 bits per heavy atom. The topological polar surface area (TPSA) is 69.1 Å². The van der Waals surface area contributed by atoms with E-state index in [-0.39, 0.29) is 11.4 Å². The van der Waals surface area contributed by atoms with Crippen LogP contribution in [-0.2, 0) is 4.79 Å². The monoisotopic (exact) mass is 174 g/mol. The number of carbonyl (C=O) groups is 1. The van der Waals surface area contributed by atoms with E-state index in [9.17, 15) is 4.79 Å². The molecule has 1 amide bonds. The first-order valence-corrected chi connectivity index (χ1v) is 4.93. The molecule has 0 radical (unpaired) electrons. The van der Waals surface area contributed by atoms with Crippen LogP contribution >= 0.6 is 11.8 Å². The van der Waals surface area contributed by atoms with Gasteiger partial charge >= 0.3 is 0 Å². The Morgan fingerprint density at radius 3 is 2.82 bits per heavy atom. The molecule has 1 atom stereocenters. The lowest BCUT2D eigenvalue weighted by Gasteiger charge is -2.31. The molecule has 11 heavy (non-hydrogen) atoms. The average Bonchev–Trinajstić information content (AvgIpc) is 1.85. The molecule has 0 aromatic rings. The zero-order chi connectivity index (χ0) is 8.32. The normalized spacial score (nSPS) is 31.7. The van der Waals surface area contributed by atoms with E-state index < -0.39 is 0 Å². The van der Waals surface area contributed by atoms with Crippen molar-refractivity contribution in [2.45, 2.75) is 24.8 Å². The summed E-state index contributed by atoms with van der Waals surface area (Å²) in [6, 6.07) is 0. The number of hydrogen-bond acceptors (Lipinski definition) is 3. The Kier molecular flexibility index (Phi) is 2.78. The van der Waals surface area contributed by atoms with Gasteiger partial charge in [0.25, 0.3) is 0 Å². The highest BCUT2D eigenvalue weighted by Crippen LogP contribution is 2.26. The summed E-state index contributed by atoms with van der Waals surface area (Å²) in [6.07, 6.45) is 2.37. The molecule has 1 aliphatic rings. The molecule has 0 aliphatic carbocycles. The largest absolute Gasteiger partial charge is 0.370 e. The first kappa shape index (κ1) is 8.87. The Balaban J connectivity index is 2.43. The van der Waals surface area contributed by atoms with Gasteiger partial charge in [0.2, 0.25) is 5.91 Å². The van der Waals surface area contributed by atoms with Gasteiger partial charge in [-0.3, -0.25) is 4.79 Å². The summed E-state index contributed by atoms with van der Waals surface area (Å²) in [6.45, 7) is 0. The van der Waals surface area contributed by atoms with Crippen molar-refractivity contribution in [2.24, 2.45) is 11.5 Å². The number of amides is 1. The quantitative estimate of drug-likeness (QED) is 0.623. The lowest BCUT2D eigenvalue weighted by atomic mass is 9.93. The van der Waals surface area contributed by atoms with E-state index in [1.54, 1.807) is 0 Å². The predicted molar refractivity (Wildman–Crippen MR) is 47.3 cm³/mol. The third-order valence-corrected chi connectivity index (χ3v) is 3.24. The highest BCUT2D eigenvalue weighted by atomic mass is 32.2. The highest BCUT2D eigenvalue weighted by molar-refractivity contribution is 7.99. The van der Waals surface area contributed by atoms with E-state index in [1.165, 1.54) is 0 Å². The first-order chi connectivity index (χ1) is 5.12. The third kappa shape index (κ3) is 2.71. The molecule has 1 fully saturated rings. The van der Waals surface area contributed by atoms with E-state index in [1.807, 2.05) is 11.8 Å². The van der Waals surface area contributed by atoms with Gasteiger partial charge in [-0.05, 0) is 18.6 Å². The molecule has 4 heteroatoms. The van der Waals surface area contributed by atoms with Crippen molar-refractivity contribution in [1.82, 2.24) is 0 Å². The van der Waals surface area contributed by atoms with Crippen molar-refractivity contribution in [2.75, 3.05) is 11.5 Å². The van der Waals surface area contributed by atoms with Crippen LogP contribution in [0, 0.1) is 0 Å². The molecule has 0 spiro atoms. The van der Waals surface area contributed by atoms with Crippen LogP contribution in [-0.4, -0.2) is 23.0 Å². The number of thioether (sulfide) groups is 1. The Bertz CT molecular complexity index is 155. The van der Waals surface area contributed by atoms with Crippen molar-refractivity contribution >= 4 is 17.7 Å². The average molecular weight is 174 g/mol. The Labute approximate surface area is 70.9 Å². The standard InChI is InChI=1S/C7H14N2OS/c8-6(10)4-7(9)2-1-3-11-5-7/h1-5,9H2,(H2,8,10). The van der Waals surface area contributed by atoms with Gasteiger partial charge in [-0.15, -0.1) is 0 Å². The minimum Gasteiger partial charge on any atom is -0.370 e. The smallest absolute Gasteiger partial charge is 0.219 e. The van der Waals surface area contributed by atoms with Crippen molar-refractivity contribution in [3.8, 4) is 0 Å². The van der Waals surface area contributed by atoms with Crippen molar-refractivity contribution < 1.29 is 4.79 Å². The van der Waals surface area contributed by atoms with Gasteiger partial charge < -0.3 is 11.5 Å². The second-order valence-corrected chi connectivity index (χ2v) is 4.27. The molecule has 1 heterocycles. The number of hydrogen-bond donors (Lipinski definition) is 2. The summed E-state index contributed by atoms with van der Waals surface area (Å²) < 4.78 is 0. The maximum absolute atomic E-state index is 10.6. The van der Waals surface area contributed by atoms with Gasteiger partial charge in [-0.2, -0.15) is 11.8 Å². The molecule has 0 aromatic heterocycles. The maximum Gasteiger partial charge on any atom is 0.219 e. The molecule has 3 nitrogen and oxygen atoms in total. The first-order valence-electron chi connectivity index (χ1n) is 3.77. The molecular weight excluding hydrogens is 160 g/mol. The Hall–Kier alpha value is -0.220. The summed E-state index contributed by atoms with van der Waals surface area (Å²) in [5, 5.41) is 0. The number of nitrogens with two attached hydrogens (primary N) is 2. The van der Waals surface area contributed by atoms with Gasteiger partial charge in [-0.25, -0.2) is 0 Å². The van der Waals surface area contributed by atoms with Crippen molar-refractivity contribution in [3.63, 3.8) is 0 Å². The Morgan fingerprint density at radius 1 is 1.64 bits per heavy atom. The molecule has 0 saturated carbocycles. The van der Waals surface area contributed by atoms with Gasteiger partial charge in [0.15, 0.2) is 0 Å². The lowest BCUT2D eigenvalue weighted by Crippen LogP contribution is -2.47. The molecule has 4 N–H and O–H groups in total. The van der Waals surface area contributed by atoms with E-state index >= 15 is 0 Å². The second-order valence-electron chi connectivity index (χ2n) is 3.16. The van der Waals surface area contributed by atoms with E-state index in [0.717, 1.165) is 24.3 Å². The molecule has 0 aromatic carbocycles. The maximum atomic E-state index is 10.6. The van der Waals surface area contributed by atoms with Crippen LogP contribution in [0.1, 0.15) is 19.3 Å². The van der Waals surface area contributed by atoms with Crippen molar-refractivity contribution in [3.05, 3.63) is 0 Å². The summed E-state index contributed by atoms with van der Waals surface area (Å²) in [5.41, 5.74) is 10.7. The molecule has 1 rings (SSSR count). The van der Waals surface area contributed by atoms with Crippen LogP contribution in [0.4, 0.5) is 0 Å². The van der Waals surface area contributed by atoms with Gasteiger partial charge in [0, 0.05) is 17.7 Å². The minimum absolute atomic E-state index is 0.282. The highest BCUT2D eigenvalue weighted by Gasteiger charge is 2.29. The number of primary amides is 1. The van der Waals surface area contributed by atoms with Crippen LogP contribution in [0.2, 0.25) is 0 Å². The van der Waals surface area contributed by atoms with Crippen LogP contribution in [0.25, 0.3) is 0 Å². The molecule has 1 saturated heterocycles. The fraction of sp³-hybridized carbons (Fsp3) is 0.857. The third-order valence-electron chi connectivity index (χ3n) is 1.88. The zero-order valence-electron chi connectivity index (χ0n) is 6.51.